The highest BCUT2D eigenvalue weighted by molar-refractivity contribution is 8.14. The van der Waals surface area contributed by atoms with Crippen molar-refractivity contribution in [2.24, 2.45) is 10.7 Å². The minimum absolute atomic E-state index is 0.0118. The summed E-state index contributed by atoms with van der Waals surface area (Å²) >= 11 is 7.54. The van der Waals surface area contributed by atoms with Crippen LogP contribution >= 0.6 is 23.4 Å². The quantitative estimate of drug-likeness (QED) is 0.841. The first-order valence-electron chi connectivity index (χ1n) is 4.43. The molecule has 1 unspecified atom stereocenters. The van der Waals surface area contributed by atoms with E-state index in [9.17, 15) is 0 Å². The summed E-state index contributed by atoms with van der Waals surface area (Å²) in [7, 11) is 0. The number of hydrogen-bond acceptors (Lipinski definition) is 3. The molecule has 1 aromatic carbocycles. The number of nitrogens with zero attached hydrogens (tertiary/aromatic N) is 1. The first kappa shape index (κ1) is 10.0. The van der Waals surface area contributed by atoms with Gasteiger partial charge < -0.3 is 5.73 Å². The van der Waals surface area contributed by atoms with Gasteiger partial charge in [0.1, 0.15) is 6.17 Å². The van der Waals surface area contributed by atoms with E-state index in [1.807, 2.05) is 24.3 Å². The molecule has 0 amide bonds. The average Bonchev–Trinajstić information content (AvgIpc) is 2.56. The van der Waals surface area contributed by atoms with E-state index in [0.29, 0.717) is 0 Å². The van der Waals surface area contributed by atoms with Crippen LogP contribution in [-0.2, 0) is 6.42 Å². The molecule has 1 aliphatic rings. The summed E-state index contributed by atoms with van der Waals surface area (Å²) in [5.41, 5.74) is 6.90. The van der Waals surface area contributed by atoms with Gasteiger partial charge in [-0.25, -0.2) is 0 Å². The van der Waals surface area contributed by atoms with Crippen LogP contribution in [0.2, 0.25) is 5.02 Å². The molecule has 0 bridgehead atoms. The minimum Gasteiger partial charge on any atom is -0.309 e. The van der Waals surface area contributed by atoms with E-state index >= 15 is 0 Å². The Morgan fingerprint density at radius 3 is 2.71 bits per heavy atom. The third-order valence-corrected chi connectivity index (χ3v) is 3.34. The molecule has 14 heavy (non-hydrogen) atoms. The molecule has 1 aromatic rings. The molecule has 0 spiro atoms. The predicted molar refractivity (Wildman–Crippen MR) is 63.0 cm³/mol. The topological polar surface area (TPSA) is 38.4 Å². The highest BCUT2D eigenvalue weighted by Crippen LogP contribution is 2.19. The van der Waals surface area contributed by atoms with Crippen molar-refractivity contribution in [1.82, 2.24) is 0 Å². The maximum absolute atomic E-state index is 5.80. The third kappa shape index (κ3) is 2.50. The molecule has 0 saturated carbocycles. The van der Waals surface area contributed by atoms with Crippen LogP contribution in [0.25, 0.3) is 0 Å². The highest BCUT2D eigenvalue weighted by atomic mass is 35.5. The Balaban J connectivity index is 2.04. The summed E-state index contributed by atoms with van der Waals surface area (Å²) in [6.45, 7) is 0. The van der Waals surface area contributed by atoms with Crippen molar-refractivity contribution in [2.45, 2.75) is 12.6 Å². The number of aliphatic imine (C=N–C) groups is 1. The van der Waals surface area contributed by atoms with Crippen LogP contribution in [0.1, 0.15) is 5.56 Å². The Bertz CT molecular complexity index is 348. The van der Waals surface area contributed by atoms with E-state index in [0.717, 1.165) is 22.2 Å². The zero-order valence-corrected chi connectivity index (χ0v) is 9.18. The molecular formula is C10H11ClN2S. The van der Waals surface area contributed by atoms with Gasteiger partial charge in [-0.15, -0.1) is 11.8 Å². The molecule has 1 heterocycles. The van der Waals surface area contributed by atoms with Crippen LogP contribution in [-0.4, -0.2) is 17.0 Å². The molecular weight excluding hydrogens is 216 g/mol. The molecule has 0 fully saturated rings. The second-order valence-corrected chi connectivity index (χ2v) is 4.73. The smallest absolute Gasteiger partial charge is 0.107 e. The summed E-state index contributed by atoms with van der Waals surface area (Å²) in [6, 6.07) is 7.85. The molecule has 1 atom stereocenters. The van der Waals surface area contributed by atoms with Gasteiger partial charge in [-0.1, -0.05) is 23.7 Å². The van der Waals surface area contributed by atoms with Gasteiger partial charge in [-0.2, -0.15) is 0 Å². The van der Waals surface area contributed by atoms with Crippen molar-refractivity contribution >= 4 is 28.4 Å². The monoisotopic (exact) mass is 226 g/mol. The fourth-order valence-corrected chi connectivity index (χ4v) is 2.36. The second-order valence-electron chi connectivity index (χ2n) is 3.20. The number of rotatable bonds is 2. The normalized spacial score (nSPS) is 21.0. The maximum Gasteiger partial charge on any atom is 0.107 e. The maximum atomic E-state index is 5.80. The lowest BCUT2D eigenvalue weighted by Gasteiger charge is -1.99. The zero-order valence-electron chi connectivity index (χ0n) is 7.61. The van der Waals surface area contributed by atoms with Crippen molar-refractivity contribution in [2.75, 3.05) is 5.75 Å². The van der Waals surface area contributed by atoms with Crippen LogP contribution in [0.4, 0.5) is 0 Å². The molecule has 0 radical (unpaired) electrons. The summed E-state index contributed by atoms with van der Waals surface area (Å²) in [5, 5.41) is 1.89. The van der Waals surface area contributed by atoms with Gasteiger partial charge in [0.15, 0.2) is 0 Å². The summed E-state index contributed by atoms with van der Waals surface area (Å²) in [6.07, 6.45) is 0.859. The van der Waals surface area contributed by atoms with Crippen molar-refractivity contribution in [3.05, 3.63) is 34.9 Å². The summed E-state index contributed by atoms with van der Waals surface area (Å²) in [4.78, 5) is 4.33. The summed E-state index contributed by atoms with van der Waals surface area (Å²) in [5.74, 6) is 0.906. The molecule has 0 aliphatic carbocycles. The fourth-order valence-electron chi connectivity index (χ4n) is 1.31. The average molecular weight is 227 g/mol. The first-order chi connectivity index (χ1) is 6.74. The molecule has 2 nitrogen and oxygen atoms in total. The molecule has 1 aliphatic heterocycles. The number of thioether (sulfide) groups is 1. The molecule has 2 N–H and O–H groups in total. The Morgan fingerprint density at radius 1 is 1.43 bits per heavy atom. The Labute approximate surface area is 92.5 Å². The van der Waals surface area contributed by atoms with E-state index in [1.54, 1.807) is 11.8 Å². The number of benzene rings is 1. The number of hydrogen-bond donors (Lipinski definition) is 1. The van der Waals surface area contributed by atoms with E-state index in [-0.39, 0.29) is 6.17 Å². The molecule has 0 saturated heterocycles. The highest BCUT2D eigenvalue weighted by Gasteiger charge is 2.13. The Hall–Kier alpha value is -0.510. The van der Waals surface area contributed by atoms with Gasteiger partial charge in [0.2, 0.25) is 0 Å². The van der Waals surface area contributed by atoms with E-state index < -0.39 is 0 Å². The van der Waals surface area contributed by atoms with Crippen LogP contribution in [0.3, 0.4) is 0 Å². The van der Waals surface area contributed by atoms with Crippen molar-refractivity contribution < 1.29 is 0 Å². The van der Waals surface area contributed by atoms with Crippen LogP contribution in [0.5, 0.6) is 0 Å². The van der Waals surface area contributed by atoms with Gasteiger partial charge in [0.05, 0.1) is 5.04 Å². The lowest BCUT2D eigenvalue weighted by molar-refractivity contribution is 0.817. The molecule has 4 heteroatoms. The first-order valence-corrected chi connectivity index (χ1v) is 5.80. The van der Waals surface area contributed by atoms with Gasteiger partial charge in [0, 0.05) is 17.2 Å². The van der Waals surface area contributed by atoms with Gasteiger partial charge in [-0.3, -0.25) is 4.99 Å². The molecule has 74 valence electrons. The molecule has 0 aromatic heterocycles. The van der Waals surface area contributed by atoms with E-state index in [2.05, 4.69) is 4.99 Å². The van der Waals surface area contributed by atoms with Gasteiger partial charge >= 0.3 is 0 Å². The number of halogens is 1. The van der Waals surface area contributed by atoms with E-state index in [4.69, 9.17) is 17.3 Å². The van der Waals surface area contributed by atoms with Crippen molar-refractivity contribution in [3.63, 3.8) is 0 Å². The van der Waals surface area contributed by atoms with Gasteiger partial charge in [0.25, 0.3) is 0 Å². The fraction of sp³-hybridized carbons (Fsp3) is 0.300. The van der Waals surface area contributed by atoms with E-state index in [1.165, 1.54) is 5.56 Å². The lowest BCUT2D eigenvalue weighted by atomic mass is 10.2. The minimum atomic E-state index is -0.0118. The lowest BCUT2D eigenvalue weighted by Crippen LogP contribution is -2.15. The Kier molecular flexibility index (Phi) is 3.11. The predicted octanol–water partition coefficient (Wildman–Crippen LogP) is 2.31. The largest absolute Gasteiger partial charge is 0.309 e. The Morgan fingerprint density at radius 2 is 2.14 bits per heavy atom. The van der Waals surface area contributed by atoms with Crippen LogP contribution in [0.15, 0.2) is 29.3 Å². The second kappa shape index (κ2) is 4.34. The zero-order chi connectivity index (χ0) is 9.97. The molecule has 2 rings (SSSR count). The van der Waals surface area contributed by atoms with Crippen LogP contribution < -0.4 is 5.73 Å². The van der Waals surface area contributed by atoms with Gasteiger partial charge in [-0.05, 0) is 17.7 Å². The number of nitrogens with two attached hydrogens (primary N) is 1. The standard InChI is InChI=1S/C10H11ClN2S/c11-8-3-1-7(2-4-8)5-10-13-9(12)6-14-10/h1-4,9H,5-6,12H2. The summed E-state index contributed by atoms with van der Waals surface area (Å²) < 4.78 is 0. The van der Waals surface area contributed by atoms with Crippen LogP contribution in [0, 0.1) is 0 Å². The third-order valence-electron chi connectivity index (χ3n) is 2.00. The van der Waals surface area contributed by atoms with Crippen molar-refractivity contribution in [1.29, 1.82) is 0 Å². The SMILES string of the molecule is NC1CSC(Cc2ccc(Cl)cc2)=N1. The van der Waals surface area contributed by atoms with Crippen molar-refractivity contribution in [3.8, 4) is 0 Å².